The number of hydrogen-bond donors (Lipinski definition) is 1. The maximum absolute atomic E-state index is 11.9. The molecule has 0 aromatic heterocycles. The third-order valence-electron chi connectivity index (χ3n) is 2.56. The van der Waals surface area contributed by atoms with Gasteiger partial charge in [0.15, 0.2) is 17.6 Å². The van der Waals surface area contributed by atoms with Crippen molar-refractivity contribution >= 4 is 23.2 Å². The molecule has 0 atom stereocenters. The van der Waals surface area contributed by atoms with E-state index in [4.69, 9.17) is 16.4 Å². The van der Waals surface area contributed by atoms with Crippen molar-refractivity contribution in [3.05, 3.63) is 35.4 Å². The van der Waals surface area contributed by atoms with E-state index < -0.39 is 6.04 Å². The largest absolute Gasteiger partial charge is 0.301 e. The quantitative estimate of drug-likeness (QED) is 0.375. The number of halogens is 1. The summed E-state index contributed by atoms with van der Waals surface area (Å²) in [6, 6.07) is 5.86. The van der Waals surface area contributed by atoms with Crippen LogP contribution in [0.4, 0.5) is 0 Å². The normalized spacial score (nSPS) is 15.4. The monoisotopic (exact) mass is 253 g/mol. The van der Waals surface area contributed by atoms with Crippen LogP contribution in [-0.4, -0.2) is 30.1 Å². The first-order valence-corrected chi connectivity index (χ1v) is 5.90. The van der Waals surface area contributed by atoms with Gasteiger partial charge in [-0.25, -0.2) is 0 Å². The highest BCUT2D eigenvalue weighted by Crippen LogP contribution is 2.21. The lowest BCUT2D eigenvalue weighted by Gasteiger charge is -2.09. The van der Waals surface area contributed by atoms with Gasteiger partial charge in [-0.15, -0.1) is 11.6 Å². The van der Waals surface area contributed by atoms with Gasteiger partial charge in [-0.1, -0.05) is 24.3 Å². The Labute approximate surface area is 104 Å². The van der Waals surface area contributed by atoms with Crippen LogP contribution in [0.15, 0.2) is 24.3 Å². The van der Waals surface area contributed by atoms with Gasteiger partial charge in [0.05, 0.1) is 6.61 Å². The topological polar surface area (TPSA) is 55.4 Å². The predicted molar refractivity (Wildman–Crippen MR) is 63.3 cm³/mol. The van der Waals surface area contributed by atoms with Crippen molar-refractivity contribution in [2.45, 2.75) is 12.5 Å². The van der Waals surface area contributed by atoms with Gasteiger partial charge in [0.25, 0.3) is 0 Å². The van der Waals surface area contributed by atoms with Crippen LogP contribution in [0.1, 0.15) is 27.1 Å². The zero-order chi connectivity index (χ0) is 12.3. The average molecular weight is 254 g/mol. The van der Waals surface area contributed by atoms with Crippen molar-refractivity contribution in [1.29, 1.82) is 0 Å². The SMILES string of the molecule is O=C1c2ccccc2C(=O)C1NOCCCCl. The summed E-state index contributed by atoms with van der Waals surface area (Å²) in [5, 5.41) is 0. The molecule has 0 bridgehead atoms. The minimum atomic E-state index is -0.914. The zero-order valence-electron chi connectivity index (χ0n) is 9.11. The van der Waals surface area contributed by atoms with E-state index in [0.717, 1.165) is 0 Å². The first-order valence-electron chi connectivity index (χ1n) is 5.36. The number of ketones is 2. The summed E-state index contributed by atoms with van der Waals surface area (Å²) in [5.74, 6) is 0.00187. The second-order valence-electron chi connectivity index (χ2n) is 3.72. The van der Waals surface area contributed by atoms with Gasteiger partial charge in [-0.3, -0.25) is 9.59 Å². The third kappa shape index (κ3) is 2.39. The predicted octanol–water partition coefficient (Wildman–Crippen LogP) is 1.58. The Bertz CT molecular complexity index is 412. The first-order chi connectivity index (χ1) is 8.25. The van der Waals surface area contributed by atoms with Crippen molar-refractivity contribution in [1.82, 2.24) is 5.48 Å². The Kier molecular flexibility index (Phi) is 3.89. The summed E-state index contributed by atoms with van der Waals surface area (Å²) in [5.41, 5.74) is 3.41. The first kappa shape index (κ1) is 12.2. The Balaban J connectivity index is 2.03. The molecule has 2 rings (SSSR count). The molecule has 0 unspecified atom stereocenters. The molecule has 0 saturated heterocycles. The smallest absolute Gasteiger partial charge is 0.190 e. The van der Waals surface area contributed by atoms with Crippen molar-refractivity contribution in [2.75, 3.05) is 12.5 Å². The number of carbonyl (C=O) groups excluding carboxylic acids is 2. The van der Waals surface area contributed by atoms with E-state index in [1.165, 1.54) is 0 Å². The summed E-state index contributed by atoms with van der Waals surface area (Å²) >= 11 is 5.49. The second kappa shape index (κ2) is 5.40. The Morgan fingerprint density at radius 1 is 1.18 bits per heavy atom. The van der Waals surface area contributed by atoms with Crippen molar-refractivity contribution in [3.63, 3.8) is 0 Å². The van der Waals surface area contributed by atoms with Crippen LogP contribution >= 0.6 is 11.6 Å². The van der Waals surface area contributed by atoms with Crippen LogP contribution in [0.2, 0.25) is 0 Å². The number of hydroxylamine groups is 1. The number of Topliss-reactive ketones (excluding diaryl/α,β-unsaturated/α-hetero) is 2. The molecular weight excluding hydrogens is 242 g/mol. The molecule has 0 amide bonds. The summed E-state index contributed by atoms with van der Waals surface area (Å²) in [7, 11) is 0. The minimum Gasteiger partial charge on any atom is -0.301 e. The highest BCUT2D eigenvalue weighted by Gasteiger charge is 2.38. The third-order valence-corrected chi connectivity index (χ3v) is 2.83. The molecule has 5 heteroatoms. The molecule has 90 valence electrons. The number of rotatable bonds is 5. The fourth-order valence-corrected chi connectivity index (χ4v) is 1.83. The summed E-state index contributed by atoms with van der Waals surface area (Å²) in [6.45, 7) is 0.372. The standard InChI is InChI=1S/C12H12ClNO3/c13-6-3-7-17-14-10-11(15)8-4-1-2-5-9(8)12(10)16/h1-2,4-5,10,14H,3,6-7H2. The fraction of sp³-hybridized carbons (Fsp3) is 0.333. The van der Waals surface area contributed by atoms with Gasteiger partial charge >= 0.3 is 0 Å². The molecule has 0 fully saturated rings. The molecule has 0 aliphatic heterocycles. The highest BCUT2D eigenvalue weighted by molar-refractivity contribution is 6.29. The van der Waals surface area contributed by atoms with Crippen LogP contribution in [0.5, 0.6) is 0 Å². The van der Waals surface area contributed by atoms with Gasteiger partial charge in [0.2, 0.25) is 0 Å². The van der Waals surface area contributed by atoms with Crippen LogP contribution in [0, 0.1) is 0 Å². The molecule has 1 aromatic carbocycles. The lowest BCUT2D eigenvalue weighted by Crippen LogP contribution is -2.38. The molecule has 1 aliphatic carbocycles. The van der Waals surface area contributed by atoms with E-state index >= 15 is 0 Å². The zero-order valence-corrected chi connectivity index (χ0v) is 9.87. The molecule has 1 aliphatic rings. The van der Waals surface area contributed by atoms with Crippen LogP contribution in [-0.2, 0) is 4.84 Å². The molecule has 1 N–H and O–H groups in total. The van der Waals surface area contributed by atoms with E-state index in [0.29, 0.717) is 30.0 Å². The fourth-order valence-electron chi connectivity index (χ4n) is 1.72. The number of nitrogens with one attached hydrogen (secondary N) is 1. The Morgan fingerprint density at radius 3 is 2.29 bits per heavy atom. The molecule has 0 saturated carbocycles. The number of hydrogen-bond acceptors (Lipinski definition) is 4. The van der Waals surface area contributed by atoms with E-state index in [2.05, 4.69) is 5.48 Å². The Hall–Kier alpha value is -1.23. The van der Waals surface area contributed by atoms with E-state index in [9.17, 15) is 9.59 Å². The maximum atomic E-state index is 11.9. The number of fused-ring (bicyclic) bond motifs is 1. The van der Waals surface area contributed by atoms with Crippen molar-refractivity contribution in [2.24, 2.45) is 0 Å². The summed E-state index contributed by atoms with van der Waals surface area (Å²) in [6.07, 6.45) is 0.663. The number of alkyl halides is 1. The lowest BCUT2D eigenvalue weighted by molar-refractivity contribution is 0.0205. The molecule has 0 heterocycles. The van der Waals surface area contributed by atoms with Crippen LogP contribution in [0.25, 0.3) is 0 Å². The molecule has 0 radical (unpaired) electrons. The number of benzene rings is 1. The maximum Gasteiger partial charge on any atom is 0.190 e. The highest BCUT2D eigenvalue weighted by atomic mass is 35.5. The van der Waals surface area contributed by atoms with Gasteiger partial charge in [-0.05, 0) is 6.42 Å². The average Bonchev–Trinajstić information content (AvgIpc) is 2.60. The molecule has 0 spiro atoms. The van der Waals surface area contributed by atoms with Crippen LogP contribution < -0.4 is 5.48 Å². The lowest BCUT2D eigenvalue weighted by atomic mass is 10.1. The molecule has 4 nitrogen and oxygen atoms in total. The van der Waals surface area contributed by atoms with Gasteiger partial charge in [0.1, 0.15) is 0 Å². The van der Waals surface area contributed by atoms with Gasteiger partial charge < -0.3 is 4.84 Å². The van der Waals surface area contributed by atoms with Gasteiger partial charge in [0, 0.05) is 17.0 Å². The summed E-state index contributed by atoms with van der Waals surface area (Å²) < 4.78 is 0. The van der Waals surface area contributed by atoms with E-state index in [1.54, 1.807) is 24.3 Å². The van der Waals surface area contributed by atoms with E-state index in [1.807, 2.05) is 0 Å². The summed E-state index contributed by atoms with van der Waals surface area (Å²) in [4.78, 5) is 28.8. The van der Waals surface area contributed by atoms with E-state index in [-0.39, 0.29) is 11.6 Å². The second-order valence-corrected chi connectivity index (χ2v) is 4.09. The molecule has 17 heavy (non-hydrogen) atoms. The molecular formula is C12H12ClNO3. The number of carbonyl (C=O) groups is 2. The molecule has 1 aromatic rings. The Morgan fingerprint density at radius 2 is 1.76 bits per heavy atom. The van der Waals surface area contributed by atoms with Crippen molar-refractivity contribution in [3.8, 4) is 0 Å². The van der Waals surface area contributed by atoms with Gasteiger partial charge in [-0.2, -0.15) is 5.48 Å². The minimum absolute atomic E-state index is 0.239. The van der Waals surface area contributed by atoms with Crippen molar-refractivity contribution < 1.29 is 14.4 Å². The van der Waals surface area contributed by atoms with Crippen LogP contribution in [0.3, 0.4) is 0 Å².